The maximum atomic E-state index is 11.1. The summed E-state index contributed by atoms with van der Waals surface area (Å²) in [6.45, 7) is 0. The Hall–Kier alpha value is -0.780. The molecule has 0 saturated carbocycles. The topological polar surface area (TPSA) is 161 Å². The summed E-state index contributed by atoms with van der Waals surface area (Å²) in [4.78, 5) is 64.6. The van der Waals surface area contributed by atoms with Crippen molar-refractivity contribution in [2.45, 2.75) is 38.5 Å². The molecule has 0 saturated heterocycles. The van der Waals surface area contributed by atoms with E-state index in [-0.39, 0.29) is 62.0 Å². The monoisotopic (exact) mass is 366 g/mol. The molecule has 0 fully saturated rings. The largest absolute Gasteiger partial charge is 1.00 e. The van der Waals surface area contributed by atoms with E-state index < -0.39 is 74.3 Å². The minimum absolute atomic E-state index is 0. The number of hydrogen-bond acceptors (Lipinski definition) is 8. The first kappa shape index (κ1) is 28.0. The van der Waals surface area contributed by atoms with Gasteiger partial charge in [0.05, 0.1) is 38.5 Å². The second-order valence-corrected chi connectivity index (χ2v) is 3.98. The Bertz CT molecular complexity index is 454. The fraction of sp³-hybridized carbons (Fsp3) is 0.500. The summed E-state index contributed by atoms with van der Waals surface area (Å²) in [6, 6.07) is 0. The maximum Gasteiger partial charge on any atom is 1.00 e. The normalized spacial score (nSPS) is 8.83. The van der Waals surface area contributed by atoms with Crippen LogP contribution in [0.25, 0.3) is 0 Å². The van der Waals surface area contributed by atoms with Gasteiger partial charge in [-0.25, -0.2) is 0 Å². The van der Waals surface area contributed by atoms with E-state index in [0.29, 0.717) is 0 Å². The van der Waals surface area contributed by atoms with E-state index in [4.69, 9.17) is 10.2 Å². The average Bonchev–Trinajstić information content (AvgIpc) is 2.40. The van der Waals surface area contributed by atoms with Crippen LogP contribution in [0, 0.1) is 0 Å². The Balaban J connectivity index is -0.000000367. The van der Waals surface area contributed by atoms with Gasteiger partial charge in [0.1, 0.15) is 0 Å². The third-order valence-corrected chi connectivity index (χ3v) is 2.07. The van der Waals surface area contributed by atoms with Gasteiger partial charge >= 0.3 is 94.9 Å². The molecule has 12 heteroatoms. The molecule has 0 bridgehead atoms. The fourth-order valence-electron chi connectivity index (χ4n) is 1.08. The van der Waals surface area contributed by atoms with Crippen LogP contribution in [0.5, 0.6) is 0 Å². The number of hydrogen-bond donors (Lipinski definition) is 2. The van der Waals surface area contributed by atoms with Crippen LogP contribution in [0.15, 0.2) is 0 Å². The van der Waals surface area contributed by atoms with Gasteiger partial charge in [-0.3, -0.25) is 28.8 Å². The molecule has 0 aromatic carbocycles. The maximum absolute atomic E-state index is 11.1. The average molecular weight is 366 g/mol. The van der Waals surface area contributed by atoms with Crippen molar-refractivity contribution in [3.05, 3.63) is 0 Å². The van der Waals surface area contributed by atoms with Crippen LogP contribution < -0.4 is 59.1 Å². The minimum Gasteiger partial charge on any atom is -1.00 e. The van der Waals surface area contributed by atoms with Gasteiger partial charge in [0.15, 0.2) is 0 Å². The van der Waals surface area contributed by atoms with Gasteiger partial charge in [-0.05, 0) is 0 Å². The first-order chi connectivity index (χ1) is 10.2. The van der Waals surface area contributed by atoms with Crippen molar-refractivity contribution in [2.75, 3.05) is 0 Å². The van der Waals surface area contributed by atoms with Crippen LogP contribution in [0.1, 0.15) is 41.4 Å². The first-order valence-electron chi connectivity index (χ1n) is 6.11. The van der Waals surface area contributed by atoms with E-state index in [0.717, 1.165) is 0 Å². The first-order valence-corrected chi connectivity index (χ1v) is 6.11. The quantitative estimate of drug-likeness (QED) is 0.228. The van der Waals surface area contributed by atoms with Gasteiger partial charge in [-0.15, -0.1) is 0 Å². The molecule has 0 aromatic heterocycles. The van der Waals surface area contributed by atoms with Gasteiger partial charge in [0, 0.05) is 0 Å². The van der Waals surface area contributed by atoms with Gasteiger partial charge in [-0.1, -0.05) is 0 Å². The standard InChI is InChI=1S/C12H14O10.2Na.2H/c13-7(14)1-3-9(17)21-11(19)5-6-12(20)22-10(18)4-2-8(15)16;;;;/h1-6H2,(H,13,14)(H,15,16);;;;/q;2*+1;2*-1. The fourth-order valence-corrected chi connectivity index (χ4v) is 1.08. The Kier molecular flexibility index (Phi) is 18.4. The summed E-state index contributed by atoms with van der Waals surface area (Å²) in [6.07, 6.45) is -3.04. The zero-order valence-electron chi connectivity index (χ0n) is 15.4. The van der Waals surface area contributed by atoms with E-state index in [1.165, 1.54) is 0 Å². The summed E-state index contributed by atoms with van der Waals surface area (Å²) in [5.74, 6) is -6.67. The number of esters is 4. The van der Waals surface area contributed by atoms with E-state index >= 15 is 0 Å². The molecule has 2 N–H and O–H groups in total. The molecule has 126 valence electrons. The van der Waals surface area contributed by atoms with Crippen LogP contribution in [0.3, 0.4) is 0 Å². The van der Waals surface area contributed by atoms with Crippen LogP contribution in [0.4, 0.5) is 0 Å². The van der Waals surface area contributed by atoms with Crippen molar-refractivity contribution in [1.29, 1.82) is 0 Å². The van der Waals surface area contributed by atoms with E-state index in [9.17, 15) is 28.8 Å². The van der Waals surface area contributed by atoms with E-state index in [2.05, 4.69) is 9.47 Å². The third-order valence-electron chi connectivity index (χ3n) is 2.07. The second-order valence-electron chi connectivity index (χ2n) is 3.98. The number of aliphatic carboxylic acids is 2. The number of carbonyl (C=O) groups is 6. The molecular weight excluding hydrogens is 350 g/mol. The summed E-state index contributed by atoms with van der Waals surface area (Å²) in [7, 11) is 0. The van der Waals surface area contributed by atoms with Crippen molar-refractivity contribution in [3.8, 4) is 0 Å². The molecule has 0 aliphatic carbocycles. The molecule has 0 aromatic rings. The molecule has 0 radical (unpaired) electrons. The van der Waals surface area contributed by atoms with Crippen molar-refractivity contribution < 1.29 is 110 Å². The predicted octanol–water partition coefficient (Wildman–Crippen LogP) is -6.13. The third kappa shape index (κ3) is 17.6. The molecule has 0 amide bonds. The minimum atomic E-state index is -1.23. The molecule has 0 aliphatic heterocycles. The Labute approximate surface area is 183 Å². The van der Waals surface area contributed by atoms with Crippen LogP contribution in [-0.4, -0.2) is 46.0 Å². The molecular formula is C12H16Na2O10. The zero-order valence-corrected chi connectivity index (χ0v) is 17.4. The summed E-state index contributed by atoms with van der Waals surface area (Å²) >= 11 is 0. The Morgan fingerprint density at radius 1 is 0.542 bits per heavy atom. The number of ether oxygens (including phenoxy) is 2. The molecule has 0 spiro atoms. The Morgan fingerprint density at radius 2 is 0.750 bits per heavy atom. The van der Waals surface area contributed by atoms with Gasteiger partial charge in [-0.2, -0.15) is 0 Å². The van der Waals surface area contributed by atoms with Crippen molar-refractivity contribution >= 4 is 35.8 Å². The van der Waals surface area contributed by atoms with Crippen LogP contribution >= 0.6 is 0 Å². The molecule has 24 heavy (non-hydrogen) atoms. The SMILES string of the molecule is O=C(O)CCC(=O)OC(=O)CCC(=O)OC(=O)CCC(=O)O.[H-].[H-].[Na+].[Na+]. The summed E-state index contributed by atoms with van der Waals surface area (Å²) in [5, 5.41) is 16.6. The second kappa shape index (κ2) is 15.7. The molecule has 0 unspecified atom stereocenters. The molecule has 0 heterocycles. The summed E-state index contributed by atoms with van der Waals surface area (Å²) in [5.41, 5.74) is 0. The van der Waals surface area contributed by atoms with Crippen molar-refractivity contribution in [3.63, 3.8) is 0 Å². The van der Waals surface area contributed by atoms with Gasteiger partial charge in [0.2, 0.25) is 0 Å². The Morgan fingerprint density at radius 3 is 0.958 bits per heavy atom. The number of carboxylic acid groups (broad SMARTS) is 2. The van der Waals surface area contributed by atoms with E-state index in [1.807, 2.05) is 0 Å². The van der Waals surface area contributed by atoms with Gasteiger partial charge in [0.25, 0.3) is 0 Å². The van der Waals surface area contributed by atoms with Crippen molar-refractivity contribution in [1.82, 2.24) is 0 Å². The zero-order chi connectivity index (χ0) is 17.1. The molecule has 0 aliphatic rings. The molecule has 10 nitrogen and oxygen atoms in total. The van der Waals surface area contributed by atoms with Gasteiger partial charge < -0.3 is 22.5 Å². The van der Waals surface area contributed by atoms with Crippen LogP contribution in [-0.2, 0) is 38.2 Å². The predicted molar refractivity (Wildman–Crippen MR) is 67.4 cm³/mol. The van der Waals surface area contributed by atoms with E-state index in [1.54, 1.807) is 0 Å². The molecule has 0 rings (SSSR count). The summed E-state index contributed by atoms with van der Waals surface area (Å²) < 4.78 is 8.45. The molecule has 0 atom stereocenters. The smallest absolute Gasteiger partial charge is 1.00 e. The number of carboxylic acids is 2. The van der Waals surface area contributed by atoms with Crippen LogP contribution in [0.2, 0.25) is 0 Å². The van der Waals surface area contributed by atoms with Crippen molar-refractivity contribution in [2.24, 2.45) is 0 Å². The number of rotatable bonds is 9. The number of carbonyl (C=O) groups excluding carboxylic acids is 4.